The number of para-hydroxylation sites is 1. The van der Waals surface area contributed by atoms with Gasteiger partial charge < -0.3 is 20.5 Å². The first-order valence-corrected chi connectivity index (χ1v) is 6.16. The van der Waals surface area contributed by atoms with Crippen molar-refractivity contribution < 1.29 is 19.8 Å². The average Bonchev–Trinajstić information content (AvgIpc) is 2.81. The normalized spacial score (nSPS) is 13.9. The fourth-order valence-electron chi connectivity index (χ4n) is 2.18. The second-order valence-corrected chi connectivity index (χ2v) is 4.88. The molecule has 2 rings (SSSR count). The third-order valence-corrected chi connectivity index (χ3v) is 3.25. The molecule has 0 aliphatic rings. The average molecular weight is 276 g/mol. The summed E-state index contributed by atoms with van der Waals surface area (Å²) in [5.41, 5.74) is 0.234. The molecule has 6 nitrogen and oxygen atoms in total. The van der Waals surface area contributed by atoms with Crippen LogP contribution in [0.3, 0.4) is 0 Å². The Hall–Kier alpha value is -2.34. The molecule has 0 bridgehead atoms. The largest absolute Gasteiger partial charge is 0.480 e. The van der Waals surface area contributed by atoms with Crippen molar-refractivity contribution in [3.63, 3.8) is 0 Å². The molecule has 0 saturated carbocycles. The van der Waals surface area contributed by atoms with Crippen molar-refractivity contribution in [3.8, 4) is 0 Å². The fraction of sp³-hybridized carbons (Fsp3) is 0.286. The van der Waals surface area contributed by atoms with Gasteiger partial charge in [-0.05, 0) is 18.6 Å². The first-order chi connectivity index (χ1) is 9.46. The number of rotatable bonds is 5. The minimum absolute atomic E-state index is 0.123. The van der Waals surface area contributed by atoms with Gasteiger partial charge in [-0.1, -0.05) is 18.2 Å². The van der Waals surface area contributed by atoms with Crippen molar-refractivity contribution in [2.24, 2.45) is 0 Å². The quantitative estimate of drug-likeness (QED) is 0.644. The van der Waals surface area contributed by atoms with Crippen LogP contribution in [0.5, 0.6) is 0 Å². The van der Waals surface area contributed by atoms with Crippen molar-refractivity contribution in [2.45, 2.75) is 18.9 Å². The predicted molar refractivity (Wildman–Crippen MR) is 73.3 cm³/mol. The van der Waals surface area contributed by atoms with Crippen LogP contribution in [0.4, 0.5) is 0 Å². The summed E-state index contributed by atoms with van der Waals surface area (Å²) in [7, 11) is 0. The van der Waals surface area contributed by atoms with Crippen molar-refractivity contribution >= 4 is 22.8 Å². The number of carbonyl (C=O) groups is 2. The van der Waals surface area contributed by atoms with Gasteiger partial charge in [-0.15, -0.1) is 0 Å². The number of nitrogens with one attached hydrogen (secondary N) is 2. The Morgan fingerprint density at radius 1 is 1.35 bits per heavy atom. The lowest BCUT2D eigenvalue weighted by atomic mass is 9.92. The van der Waals surface area contributed by atoms with Crippen molar-refractivity contribution in [1.82, 2.24) is 10.3 Å². The summed E-state index contributed by atoms with van der Waals surface area (Å²) in [6, 6.07) is 7.52. The molecule has 1 heterocycles. The van der Waals surface area contributed by atoms with Crippen LogP contribution in [0, 0.1) is 0 Å². The van der Waals surface area contributed by atoms with Crippen LogP contribution in [0.2, 0.25) is 0 Å². The molecule has 1 amide bonds. The molecule has 20 heavy (non-hydrogen) atoms. The number of carboxylic acids is 1. The van der Waals surface area contributed by atoms with Gasteiger partial charge in [0, 0.05) is 23.5 Å². The molecule has 4 N–H and O–H groups in total. The Morgan fingerprint density at radius 3 is 2.70 bits per heavy atom. The predicted octanol–water partition coefficient (Wildman–Crippen LogP) is 0.662. The summed E-state index contributed by atoms with van der Waals surface area (Å²) in [4.78, 5) is 25.8. The van der Waals surface area contributed by atoms with Crippen molar-refractivity contribution in [1.29, 1.82) is 0 Å². The van der Waals surface area contributed by atoms with Crippen LogP contribution in [0.1, 0.15) is 12.5 Å². The van der Waals surface area contributed by atoms with E-state index in [0.717, 1.165) is 16.5 Å². The minimum atomic E-state index is -1.47. The lowest BCUT2D eigenvalue weighted by Crippen LogP contribution is -2.54. The van der Waals surface area contributed by atoms with Crippen LogP contribution in [0.25, 0.3) is 10.9 Å². The molecular formula is C14H16N2O4. The number of aromatic nitrogens is 1. The zero-order chi connectivity index (χ0) is 14.8. The number of carbonyl (C=O) groups excluding carboxylic acids is 1. The second-order valence-electron chi connectivity index (χ2n) is 4.88. The zero-order valence-electron chi connectivity index (χ0n) is 11.0. The molecule has 6 heteroatoms. The molecule has 0 aliphatic carbocycles. The number of aliphatic hydroxyl groups is 1. The standard InChI is InChI=1S/C14H16N2O4/c1-14(13(19)20,16-12(18)8-17)6-9-7-15-11-5-3-2-4-10(9)11/h2-5,7,15,17H,6,8H2,1H3,(H,16,18)(H,19,20). The van der Waals surface area contributed by atoms with E-state index in [9.17, 15) is 14.7 Å². The van der Waals surface area contributed by atoms with Gasteiger partial charge in [0.2, 0.25) is 5.91 Å². The van der Waals surface area contributed by atoms with E-state index in [1.807, 2.05) is 24.3 Å². The number of H-pyrrole nitrogens is 1. The Labute approximate surface area is 115 Å². The number of benzene rings is 1. The maximum Gasteiger partial charge on any atom is 0.329 e. The molecule has 0 radical (unpaired) electrons. The summed E-state index contributed by atoms with van der Waals surface area (Å²) in [6.45, 7) is 0.682. The Morgan fingerprint density at radius 2 is 2.05 bits per heavy atom. The van der Waals surface area contributed by atoms with Gasteiger partial charge in [-0.2, -0.15) is 0 Å². The highest BCUT2D eigenvalue weighted by molar-refractivity contribution is 5.89. The first-order valence-electron chi connectivity index (χ1n) is 6.16. The van der Waals surface area contributed by atoms with Crippen LogP contribution < -0.4 is 5.32 Å². The first kappa shape index (κ1) is 14.1. The number of hydrogen-bond acceptors (Lipinski definition) is 3. The van der Waals surface area contributed by atoms with E-state index in [2.05, 4.69) is 10.3 Å². The van der Waals surface area contributed by atoms with E-state index in [4.69, 9.17) is 5.11 Å². The monoisotopic (exact) mass is 276 g/mol. The molecule has 1 aromatic carbocycles. The summed E-state index contributed by atoms with van der Waals surface area (Å²) in [6.07, 6.45) is 1.86. The van der Waals surface area contributed by atoms with Crippen LogP contribution in [-0.4, -0.2) is 39.2 Å². The molecule has 0 fully saturated rings. The molecular weight excluding hydrogens is 260 g/mol. The van der Waals surface area contributed by atoms with Gasteiger partial charge >= 0.3 is 5.97 Å². The number of fused-ring (bicyclic) bond motifs is 1. The van der Waals surface area contributed by atoms with Crippen molar-refractivity contribution in [3.05, 3.63) is 36.0 Å². The third-order valence-electron chi connectivity index (χ3n) is 3.25. The number of amides is 1. The highest BCUT2D eigenvalue weighted by atomic mass is 16.4. The Bertz CT molecular complexity index is 649. The highest BCUT2D eigenvalue weighted by Gasteiger charge is 2.35. The van der Waals surface area contributed by atoms with E-state index in [1.54, 1.807) is 6.20 Å². The molecule has 106 valence electrons. The smallest absolute Gasteiger partial charge is 0.329 e. The Balaban J connectivity index is 2.33. The maximum absolute atomic E-state index is 11.4. The molecule has 1 unspecified atom stereocenters. The zero-order valence-corrected chi connectivity index (χ0v) is 11.0. The summed E-state index contributed by atoms with van der Waals surface area (Å²) in [5.74, 6) is -1.86. The maximum atomic E-state index is 11.4. The highest BCUT2D eigenvalue weighted by Crippen LogP contribution is 2.22. The van der Waals surface area contributed by atoms with Gasteiger partial charge in [-0.25, -0.2) is 4.79 Å². The molecule has 1 atom stereocenters. The lowest BCUT2D eigenvalue weighted by molar-refractivity contribution is -0.147. The third kappa shape index (κ3) is 2.65. The van der Waals surface area contributed by atoms with Gasteiger partial charge in [0.15, 0.2) is 0 Å². The van der Waals surface area contributed by atoms with Gasteiger partial charge in [-0.3, -0.25) is 4.79 Å². The van der Waals surface area contributed by atoms with Crippen LogP contribution >= 0.6 is 0 Å². The summed E-state index contributed by atoms with van der Waals surface area (Å²) < 4.78 is 0. The van der Waals surface area contributed by atoms with Gasteiger partial charge in [0.1, 0.15) is 12.1 Å². The molecule has 0 saturated heterocycles. The molecule has 0 spiro atoms. The summed E-state index contributed by atoms with van der Waals surface area (Å²) in [5, 5.41) is 21.4. The van der Waals surface area contributed by atoms with Gasteiger partial charge in [0.25, 0.3) is 0 Å². The van der Waals surface area contributed by atoms with Crippen molar-refractivity contribution in [2.75, 3.05) is 6.61 Å². The van der Waals surface area contributed by atoms with E-state index in [0.29, 0.717) is 0 Å². The molecule has 1 aromatic heterocycles. The van der Waals surface area contributed by atoms with E-state index in [-0.39, 0.29) is 6.42 Å². The second kappa shape index (κ2) is 5.34. The number of aliphatic carboxylic acids is 1. The SMILES string of the molecule is CC(Cc1c[nH]c2ccccc12)(NC(=O)CO)C(=O)O. The molecule has 0 aliphatic heterocycles. The van der Waals surface area contributed by atoms with Crippen LogP contribution in [-0.2, 0) is 16.0 Å². The number of aliphatic hydroxyl groups excluding tert-OH is 1. The minimum Gasteiger partial charge on any atom is -0.480 e. The van der Waals surface area contributed by atoms with E-state index >= 15 is 0 Å². The molecule has 2 aromatic rings. The lowest BCUT2D eigenvalue weighted by Gasteiger charge is -2.25. The number of carboxylic acid groups (broad SMARTS) is 1. The summed E-state index contributed by atoms with van der Waals surface area (Å²) >= 11 is 0. The van der Waals surface area contributed by atoms with E-state index < -0.39 is 24.0 Å². The van der Waals surface area contributed by atoms with Gasteiger partial charge in [0.05, 0.1) is 0 Å². The fourth-order valence-corrected chi connectivity index (χ4v) is 2.18. The number of aromatic amines is 1. The topological polar surface area (TPSA) is 102 Å². The van der Waals surface area contributed by atoms with Crippen LogP contribution in [0.15, 0.2) is 30.5 Å². The Kier molecular flexibility index (Phi) is 3.76. The van der Waals surface area contributed by atoms with E-state index in [1.165, 1.54) is 6.92 Å². The number of hydrogen-bond donors (Lipinski definition) is 4.